The molecule has 0 saturated heterocycles. The average molecular weight is 347 g/mol. The molecule has 2 rings (SSSR count). The Morgan fingerprint density at radius 1 is 1.33 bits per heavy atom. The molecule has 5 nitrogen and oxygen atoms in total. The van der Waals surface area contributed by atoms with Crippen LogP contribution in [0.5, 0.6) is 0 Å². The number of thiazole rings is 1. The number of nitrogens with zero attached hydrogens (tertiary/aromatic N) is 3. The highest BCUT2D eigenvalue weighted by Gasteiger charge is 2.20. The average Bonchev–Trinajstić information content (AvgIpc) is 3.02. The van der Waals surface area contributed by atoms with E-state index in [1.165, 1.54) is 41.4 Å². The van der Waals surface area contributed by atoms with Crippen LogP contribution in [0.1, 0.15) is 19.5 Å². The Hall–Kier alpha value is -2.54. The van der Waals surface area contributed by atoms with Gasteiger partial charge in [0.15, 0.2) is 5.13 Å². The smallest absolute Gasteiger partial charge is 0.246 e. The number of para-hydroxylation sites is 1. The van der Waals surface area contributed by atoms with Crippen molar-refractivity contribution in [2.45, 2.75) is 13.8 Å². The zero-order valence-corrected chi connectivity index (χ0v) is 14.5. The summed E-state index contributed by atoms with van der Waals surface area (Å²) in [7, 11) is 1.70. The van der Waals surface area contributed by atoms with Crippen molar-refractivity contribution in [3.05, 3.63) is 47.2 Å². The zero-order valence-electron chi connectivity index (χ0n) is 13.7. The van der Waals surface area contributed by atoms with E-state index in [2.05, 4.69) is 4.98 Å². The second-order valence-corrected chi connectivity index (χ2v) is 5.88. The quantitative estimate of drug-likeness (QED) is 0.779. The SMILES string of the molecule is CCN(C)C(=O)/C=C/c1csc(N(C(C)=O)c2ccccc2F)n1. The summed E-state index contributed by atoms with van der Waals surface area (Å²) in [6, 6.07) is 6.03. The molecule has 24 heavy (non-hydrogen) atoms. The first-order valence-electron chi connectivity index (χ1n) is 7.38. The van der Waals surface area contributed by atoms with Crippen LogP contribution in [0.15, 0.2) is 35.7 Å². The van der Waals surface area contributed by atoms with Crippen LogP contribution in [0.3, 0.4) is 0 Å². The van der Waals surface area contributed by atoms with Crippen molar-refractivity contribution < 1.29 is 14.0 Å². The van der Waals surface area contributed by atoms with E-state index in [-0.39, 0.29) is 17.5 Å². The second-order valence-electron chi connectivity index (χ2n) is 5.05. The maximum absolute atomic E-state index is 14.0. The Kier molecular flexibility index (Phi) is 5.81. The number of hydrogen-bond acceptors (Lipinski definition) is 4. The zero-order chi connectivity index (χ0) is 17.7. The van der Waals surface area contributed by atoms with Crippen molar-refractivity contribution >= 4 is 40.0 Å². The van der Waals surface area contributed by atoms with Crippen LogP contribution >= 0.6 is 11.3 Å². The molecule has 0 bridgehead atoms. The number of hydrogen-bond donors (Lipinski definition) is 0. The number of rotatable bonds is 5. The Bertz CT molecular complexity index is 773. The number of amides is 2. The largest absolute Gasteiger partial charge is 0.343 e. The summed E-state index contributed by atoms with van der Waals surface area (Å²) in [6.45, 7) is 3.84. The third kappa shape index (κ3) is 4.05. The van der Waals surface area contributed by atoms with E-state index in [0.29, 0.717) is 17.4 Å². The molecule has 0 aliphatic rings. The molecular weight excluding hydrogens is 329 g/mol. The minimum atomic E-state index is -0.500. The monoisotopic (exact) mass is 347 g/mol. The number of carbonyl (C=O) groups excluding carboxylic acids is 2. The molecule has 1 heterocycles. The van der Waals surface area contributed by atoms with Crippen LogP contribution in [-0.4, -0.2) is 35.3 Å². The molecule has 1 aromatic heterocycles. The molecule has 2 amide bonds. The second kappa shape index (κ2) is 7.83. The van der Waals surface area contributed by atoms with Crippen molar-refractivity contribution in [3.8, 4) is 0 Å². The minimum absolute atomic E-state index is 0.135. The summed E-state index contributed by atoms with van der Waals surface area (Å²) in [6.07, 6.45) is 3.00. The fourth-order valence-electron chi connectivity index (χ4n) is 1.94. The molecule has 0 aliphatic carbocycles. The lowest BCUT2D eigenvalue weighted by atomic mass is 10.3. The van der Waals surface area contributed by atoms with Crippen molar-refractivity contribution in [1.82, 2.24) is 9.88 Å². The first-order valence-corrected chi connectivity index (χ1v) is 8.26. The topological polar surface area (TPSA) is 53.5 Å². The van der Waals surface area contributed by atoms with Gasteiger partial charge in [-0.05, 0) is 25.1 Å². The van der Waals surface area contributed by atoms with E-state index in [0.717, 1.165) is 0 Å². The highest BCUT2D eigenvalue weighted by molar-refractivity contribution is 7.14. The van der Waals surface area contributed by atoms with E-state index in [1.54, 1.807) is 35.5 Å². The van der Waals surface area contributed by atoms with Gasteiger partial charge in [0.1, 0.15) is 5.82 Å². The molecule has 126 valence electrons. The highest BCUT2D eigenvalue weighted by Crippen LogP contribution is 2.30. The van der Waals surface area contributed by atoms with Crippen molar-refractivity contribution in [2.24, 2.45) is 0 Å². The van der Waals surface area contributed by atoms with Gasteiger partial charge in [0.05, 0.1) is 11.4 Å². The van der Waals surface area contributed by atoms with Crippen molar-refractivity contribution in [2.75, 3.05) is 18.5 Å². The van der Waals surface area contributed by atoms with Crippen LogP contribution < -0.4 is 4.90 Å². The maximum atomic E-state index is 14.0. The lowest BCUT2D eigenvalue weighted by molar-refractivity contribution is -0.124. The molecule has 0 aliphatic heterocycles. The Labute approximate surface area is 144 Å². The molecular formula is C17H18FN3O2S. The molecule has 0 fully saturated rings. The van der Waals surface area contributed by atoms with E-state index < -0.39 is 5.82 Å². The normalized spacial score (nSPS) is 10.8. The van der Waals surface area contributed by atoms with E-state index in [4.69, 9.17) is 0 Å². The number of benzene rings is 1. The molecule has 0 atom stereocenters. The number of likely N-dealkylation sites (N-methyl/N-ethyl adjacent to an activating group) is 1. The van der Waals surface area contributed by atoms with Gasteiger partial charge in [0, 0.05) is 32.0 Å². The fourth-order valence-corrected chi connectivity index (χ4v) is 2.78. The predicted molar refractivity (Wildman–Crippen MR) is 93.7 cm³/mol. The van der Waals surface area contributed by atoms with E-state index in [9.17, 15) is 14.0 Å². The summed E-state index contributed by atoms with van der Waals surface area (Å²) in [5.74, 6) is -0.976. The molecule has 0 unspecified atom stereocenters. The molecule has 2 aromatic rings. The third-order valence-corrected chi connectivity index (χ3v) is 4.20. The fraction of sp³-hybridized carbons (Fsp3) is 0.235. The van der Waals surface area contributed by atoms with Gasteiger partial charge in [-0.25, -0.2) is 9.37 Å². The van der Waals surface area contributed by atoms with E-state index >= 15 is 0 Å². The molecule has 1 aromatic carbocycles. The minimum Gasteiger partial charge on any atom is -0.343 e. The lowest BCUT2D eigenvalue weighted by Crippen LogP contribution is -2.24. The lowest BCUT2D eigenvalue weighted by Gasteiger charge is -2.18. The molecule has 7 heteroatoms. The predicted octanol–water partition coefficient (Wildman–Crippen LogP) is 3.46. The van der Waals surface area contributed by atoms with Crippen LogP contribution in [0.2, 0.25) is 0 Å². The van der Waals surface area contributed by atoms with Crippen molar-refractivity contribution in [1.29, 1.82) is 0 Å². The van der Waals surface area contributed by atoms with Gasteiger partial charge in [-0.1, -0.05) is 12.1 Å². The number of anilines is 2. The first kappa shape index (κ1) is 17.8. The first-order chi connectivity index (χ1) is 11.4. The molecule has 0 radical (unpaired) electrons. The van der Waals surface area contributed by atoms with Gasteiger partial charge >= 0.3 is 0 Å². The maximum Gasteiger partial charge on any atom is 0.246 e. The van der Waals surface area contributed by atoms with Crippen LogP contribution in [0, 0.1) is 5.82 Å². The summed E-state index contributed by atoms with van der Waals surface area (Å²) >= 11 is 1.21. The van der Waals surface area contributed by atoms with Gasteiger partial charge in [0.25, 0.3) is 0 Å². The van der Waals surface area contributed by atoms with E-state index in [1.807, 2.05) is 6.92 Å². The number of aromatic nitrogens is 1. The Balaban J connectivity index is 2.27. The third-order valence-electron chi connectivity index (χ3n) is 3.36. The molecule has 0 saturated carbocycles. The van der Waals surface area contributed by atoms with Gasteiger partial charge in [0.2, 0.25) is 11.8 Å². The molecule has 0 spiro atoms. The summed E-state index contributed by atoms with van der Waals surface area (Å²) in [5, 5.41) is 2.06. The summed E-state index contributed by atoms with van der Waals surface area (Å²) in [4.78, 5) is 30.8. The Morgan fingerprint density at radius 3 is 2.67 bits per heavy atom. The number of carbonyl (C=O) groups is 2. The van der Waals surface area contributed by atoms with Gasteiger partial charge in [-0.15, -0.1) is 11.3 Å². The summed E-state index contributed by atoms with van der Waals surface area (Å²) < 4.78 is 14.0. The Morgan fingerprint density at radius 2 is 2.04 bits per heavy atom. The van der Waals surface area contributed by atoms with Crippen LogP contribution in [0.25, 0.3) is 6.08 Å². The van der Waals surface area contributed by atoms with Gasteiger partial charge in [-0.2, -0.15) is 0 Å². The molecule has 0 N–H and O–H groups in total. The highest BCUT2D eigenvalue weighted by atomic mass is 32.1. The standard InChI is InChI=1S/C17H18FN3O2S/c1-4-20(3)16(23)10-9-13-11-24-17(19-13)21(12(2)22)15-8-6-5-7-14(15)18/h5-11H,4H2,1-3H3/b10-9+. The van der Waals surface area contributed by atoms with Gasteiger partial charge < -0.3 is 4.90 Å². The van der Waals surface area contributed by atoms with Crippen LogP contribution in [-0.2, 0) is 9.59 Å². The van der Waals surface area contributed by atoms with Gasteiger partial charge in [-0.3, -0.25) is 14.5 Å². The van der Waals surface area contributed by atoms with Crippen LogP contribution in [0.4, 0.5) is 15.2 Å². The number of halogens is 1. The van der Waals surface area contributed by atoms with Crippen molar-refractivity contribution in [3.63, 3.8) is 0 Å². The summed E-state index contributed by atoms with van der Waals surface area (Å²) in [5.41, 5.74) is 0.687.